The van der Waals surface area contributed by atoms with Gasteiger partial charge in [-0.15, -0.1) is 0 Å². The molecule has 0 spiro atoms. The summed E-state index contributed by atoms with van der Waals surface area (Å²) >= 11 is 0. The zero-order valence-electron chi connectivity index (χ0n) is 22.6. The van der Waals surface area contributed by atoms with Crippen molar-refractivity contribution >= 4 is 29.2 Å². The molecule has 13 heteroatoms. The van der Waals surface area contributed by atoms with Crippen LogP contribution in [0.5, 0.6) is 5.75 Å². The summed E-state index contributed by atoms with van der Waals surface area (Å²) < 4.78 is 37.3. The van der Waals surface area contributed by atoms with Gasteiger partial charge in [-0.1, -0.05) is 42.5 Å². The molecule has 2 atom stereocenters. The Hall–Kier alpha value is -4.46. The number of aliphatic hydroxyl groups is 2. The first kappa shape index (κ1) is 33.7. The molecule has 10 nitrogen and oxygen atoms in total. The average Bonchev–Trinajstić information content (AvgIpc) is 2.95. The largest absolute Gasteiger partial charge is 0.491 e. The van der Waals surface area contributed by atoms with Crippen molar-refractivity contribution in [3.8, 4) is 5.75 Å². The Labute approximate surface area is 240 Å². The number of rotatable bonds is 12. The predicted octanol–water partition coefficient (Wildman–Crippen LogP) is 4.10. The maximum atomic E-state index is 12.3. The molecule has 0 aliphatic rings. The van der Waals surface area contributed by atoms with Gasteiger partial charge in [0.2, 0.25) is 0 Å². The molecule has 3 aromatic carbocycles. The van der Waals surface area contributed by atoms with Gasteiger partial charge in [0.25, 0.3) is 0 Å². The number of halogens is 3. The fourth-order valence-corrected chi connectivity index (χ4v) is 3.39. The Kier molecular flexibility index (Phi) is 13.4. The number of carboxylic acid groups (broad SMARTS) is 1. The topological polar surface area (TPSA) is 157 Å². The lowest BCUT2D eigenvalue weighted by Gasteiger charge is -2.19. The third-order valence-electron chi connectivity index (χ3n) is 5.51. The summed E-state index contributed by atoms with van der Waals surface area (Å²) in [5.74, 6) is -2.14. The first-order valence-electron chi connectivity index (χ1n) is 12.7. The number of carboxylic acids is 1. The highest BCUT2D eigenvalue weighted by atomic mass is 19.4. The van der Waals surface area contributed by atoms with E-state index in [9.17, 15) is 33.0 Å². The molecule has 6 N–H and O–H groups in total. The maximum Gasteiger partial charge on any atom is 0.490 e. The number of hydrogen-bond acceptors (Lipinski definition) is 7. The van der Waals surface area contributed by atoms with Crippen LogP contribution in [0.1, 0.15) is 22.8 Å². The standard InChI is InChI=1S/C27H31N3O5.C2HF3O2/c1-19(32)21-6-5-7-23(15-21)30-27(34)29-22-12-10-20(11-13-22)14-24(17-31)28-16-25(33)18-35-26-8-3-2-4-9-26;3-2(4,5)1(6)7/h2-13,15,24-25,28,31,33H,14,16-18H2,1H3,(H2,29,30,34);(H,6,7)/t24-,25-;/m0./s1. The van der Waals surface area contributed by atoms with E-state index >= 15 is 0 Å². The van der Waals surface area contributed by atoms with Crippen LogP contribution in [-0.4, -0.2) is 71.2 Å². The van der Waals surface area contributed by atoms with Crippen LogP contribution < -0.4 is 20.7 Å². The predicted molar refractivity (Wildman–Crippen MR) is 150 cm³/mol. The highest BCUT2D eigenvalue weighted by Crippen LogP contribution is 2.15. The van der Waals surface area contributed by atoms with E-state index in [1.807, 2.05) is 42.5 Å². The van der Waals surface area contributed by atoms with Gasteiger partial charge in [0.15, 0.2) is 5.78 Å². The molecule has 0 aliphatic heterocycles. The van der Waals surface area contributed by atoms with E-state index < -0.39 is 24.3 Å². The number of amides is 2. The minimum absolute atomic E-state index is 0.0738. The Balaban J connectivity index is 0.000000782. The van der Waals surface area contributed by atoms with Crippen LogP contribution in [0.2, 0.25) is 0 Å². The van der Waals surface area contributed by atoms with Gasteiger partial charge in [0.1, 0.15) is 18.5 Å². The smallest absolute Gasteiger partial charge is 0.490 e. The number of ketones is 1. The number of nitrogens with one attached hydrogen (secondary N) is 3. The summed E-state index contributed by atoms with van der Waals surface area (Å²) in [4.78, 5) is 32.7. The van der Waals surface area contributed by atoms with Gasteiger partial charge in [-0.05, 0) is 55.3 Å². The van der Waals surface area contributed by atoms with Crippen LogP contribution in [0.4, 0.5) is 29.3 Å². The number of para-hydroxylation sites is 1. The lowest BCUT2D eigenvalue weighted by Crippen LogP contribution is -2.41. The van der Waals surface area contributed by atoms with Gasteiger partial charge in [-0.25, -0.2) is 9.59 Å². The lowest BCUT2D eigenvalue weighted by molar-refractivity contribution is -0.192. The molecular weight excluding hydrogens is 559 g/mol. The second kappa shape index (κ2) is 16.7. The minimum atomic E-state index is -5.08. The van der Waals surface area contributed by atoms with Crippen molar-refractivity contribution in [2.45, 2.75) is 31.7 Å². The van der Waals surface area contributed by atoms with Crippen LogP contribution in [0, 0.1) is 0 Å². The van der Waals surface area contributed by atoms with Gasteiger partial charge in [0, 0.05) is 29.5 Å². The summed E-state index contributed by atoms with van der Waals surface area (Å²) in [7, 11) is 0. The van der Waals surface area contributed by atoms with Gasteiger partial charge in [-0.3, -0.25) is 4.79 Å². The first-order chi connectivity index (χ1) is 19.9. The van der Waals surface area contributed by atoms with Crippen LogP contribution in [0.3, 0.4) is 0 Å². The van der Waals surface area contributed by atoms with Gasteiger partial charge in [-0.2, -0.15) is 13.2 Å². The number of benzene rings is 3. The number of carbonyl (C=O) groups is 3. The Morgan fingerprint density at radius 2 is 1.52 bits per heavy atom. The Morgan fingerprint density at radius 3 is 2.10 bits per heavy atom. The summed E-state index contributed by atoms with van der Waals surface area (Å²) in [6.45, 7) is 1.81. The van der Waals surface area contributed by atoms with E-state index in [0.29, 0.717) is 29.1 Å². The van der Waals surface area contributed by atoms with Crippen LogP contribution in [0.25, 0.3) is 0 Å². The number of anilines is 2. The number of alkyl halides is 3. The highest BCUT2D eigenvalue weighted by molar-refractivity contribution is 6.01. The molecule has 0 aromatic heterocycles. The van der Waals surface area contributed by atoms with Gasteiger partial charge < -0.3 is 36.0 Å². The second-order valence-electron chi connectivity index (χ2n) is 8.99. The minimum Gasteiger partial charge on any atom is -0.491 e. The second-order valence-corrected chi connectivity index (χ2v) is 8.99. The van der Waals surface area contributed by atoms with Crippen molar-refractivity contribution in [2.75, 3.05) is 30.4 Å². The molecule has 0 aliphatic carbocycles. The van der Waals surface area contributed by atoms with Crippen molar-refractivity contribution < 1.29 is 47.6 Å². The third kappa shape index (κ3) is 12.8. The maximum absolute atomic E-state index is 12.3. The normalized spacial score (nSPS) is 12.2. The molecule has 0 saturated heterocycles. The summed E-state index contributed by atoms with van der Waals surface area (Å²) in [6, 6.07) is 22.6. The van der Waals surface area contributed by atoms with Crippen LogP contribution >= 0.6 is 0 Å². The molecule has 42 heavy (non-hydrogen) atoms. The number of ether oxygens (including phenoxy) is 1. The molecule has 2 amide bonds. The van der Waals surface area contributed by atoms with Crippen molar-refractivity contribution in [1.82, 2.24) is 5.32 Å². The van der Waals surface area contributed by atoms with E-state index in [0.717, 1.165) is 5.56 Å². The SMILES string of the molecule is CC(=O)c1cccc(NC(=O)Nc2ccc(C[C@@H](CO)NC[C@H](O)COc3ccccc3)cc2)c1.O=C(O)C(F)(F)F. The van der Waals surface area contributed by atoms with E-state index in [-0.39, 0.29) is 31.6 Å². The molecule has 0 heterocycles. The number of aliphatic hydroxyl groups excluding tert-OH is 2. The monoisotopic (exact) mass is 591 g/mol. The Bertz CT molecular complexity index is 1290. The van der Waals surface area contributed by atoms with Crippen molar-refractivity contribution in [2.24, 2.45) is 0 Å². The molecule has 3 aromatic rings. The van der Waals surface area contributed by atoms with E-state index in [1.165, 1.54) is 6.92 Å². The molecule has 0 unspecified atom stereocenters. The third-order valence-corrected chi connectivity index (χ3v) is 5.51. The average molecular weight is 592 g/mol. The molecule has 3 rings (SSSR count). The summed E-state index contributed by atoms with van der Waals surface area (Å²) in [6.07, 6.45) is -5.25. The van der Waals surface area contributed by atoms with Crippen molar-refractivity contribution in [1.29, 1.82) is 0 Å². The van der Waals surface area contributed by atoms with Crippen molar-refractivity contribution in [3.63, 3.8) is 0 Å². The zero-order valence-corrected chi connectivity index (χ0v) is 22.6. The molecule has 0 radical (unpaired) electrons. The van der Waals surface area contributed by atoms with Gasteiger partial charge >= 0.3 is 18.2 Å². The number of aliphatic carboxylic acids is 1. The number of carbonyl (C=O) groups excluding carboxylic acids is 2. The van der Waals surface area contributed by atoms with Gasteiger partial charge in [0.05, 0.1) is 6.61 Å². The fraction of sp³-hybridized carbons (Fsp3) is 0.276. The van der Waals surface area contributed by atoms with E-state index in [2.05, 4.69) is 16.0 Å². The quantitative estimate of drug-likeness (QED) is 0.172. The highest BCUT2D eigenvalue weighted by Gasteiger charge is 2.38. The number of Topliss-reactive ketones (excluding diaryl/α,β-unsaturated/α-hetero) is 1. The zero-order chi connectivity index (χ0) is 31.1. The number of urea groups is 1. The molecule has 226 valence electrons. The molecule has 0 saturated carbocycles. The number of hydrogen-bond donors (Lipinski definition) is 6. The lowest BCUT2D eigenvalue weighted by atomic mass is 10.1. The fourth-order valence-electron chi connectivity index (χ4n) is 3.39. The van der Waals surface area contributed by atoms with Crippen LogP contribution in [-0.2, 0) is 11.2 Å². The Morgan fingerprint density at radius 1 is 0.905 bits per heavy atom. The van der Waals surface area contributed by atoms with Crippen LogP contribution in [0.15, 0.2) is 78.9 Å². The van der Waals surface area contributed by atoms with E-state index in [4.69, 9.17) is 14.6 Å². The molecular formula is C29H32F3N3O7. The molecule has 0 fully saturated rings. The summed E-state index contributed by atoms with van der Waals surface area (Å²) in [5.41, 5.74) is 2.62. The first-order valence-corrected chi connectivity index (χ1v) is 12.7. The molecule has 0 bridgehead atoms. The summed E-state index contributed by atoms with van der Waals surface area (Å²) in [5, 5.41) is 35.6. The van der Waals surface area contributed by atoms with E-state index in [1.54, 1.807) is 36.4 Å². The van der Waals surface area contributed by atoms with Crippen molar-refractivity contribution in [3.05, 3.63) is 90.0 Å².